The molecule has 0 fully saturated rings. The van der Waals surface area contributed by atoms with E-state index < -0.39 is 0 Å². The normalized spacial score (nSPS) is 19.3. The second-order valence-electron chi connectivity index (χ2n) is 4.14. The van der Waals surface area contributed by atoms with Crippen molar-refractivity contribution in [3.63, 3.8) is 0 Å². The highest BCUT2D eigenvalue weighted by Crippen LogP contribution is 2.28. The Morgan fingerprint density at radius 3 is 2.80 bits per heavy atom. The van der Waals surface area contributed by atoms with E-state index in [1.807, 2.05) is 6.07 Å². The molecule has 2 rings (SSSR count). The first-order valence-electron chi connectivity index (χ1n) is 5.30. The summed E-state index contributed by atoms with van der Waals surface area (Å²) < 4.78 is 5.22. The van der Waals surface area contributed by atoms with Gasteiger partial charge >= 0.3 is 0 Å². The molecule has 1 aliphatic carbocycles. The number of rotatable bonds is 3. The molecule has 80 valence electrons. The standard InChI is InChI=1S/C13H17NO/c1-4-14(2)12-7-10-5-6-13(15-3)9-11(10)8-12/h1,5-6,9,12H,4,7-8H2,2-3H3. The highest BCUT2D eigenvalue weighted by Gasteiger charge is 2.24. The molecule has 1 unspecified atom stereocenters. The van der Waals surface area contributed by atoms with Crippen LogP contribution in [-0.4, -0.2) is 31.6 Å². The molecule has 0 amide bonds. The van der Waals surface area contributed by atoms with Crippen molar-refractivity contribution >= 4 is 0 Å². The van der Waals surface area contributed by atoms with E-state index in [0.29, 0.717) is 12.6 Å². The Morgan fingerprint density at radius 1 is 1.40 bits per heavy atom. The quantitative estimate of drug-likeness (QED) is 0.743. The van der Waals surface area contributed by atoms with Gasteiger partial charge in [0.25, 0.3) is 0 Å². The first-order chi connectivity index (χ1) is 7.24. The third-order valence-corrected chi connectivity index (χ3v) is 3.24. The van der Waals surface area contributed by atoms with Crippen LogP contribution in [0, 0.1) is 6.92 Å². The Kier molecular flexibility index (Phi) is 2.96. The molecule has 1 aromatic carbocycles. The van der Waals surface area contributed by atoms with Gasteiger partial charge in [-0.1, -0.05) is 6.07 Å². The summed E-state index contributed by atoms with van der Waals surface area (Å²) in [5.74, 6) is 0.949. The smallest absolute Gasteiger partial charge is 0.119 e. The van der Waals surface area contributed by atoms with Crippen LogP contribution in [0.1, 0.15) is 11.1 Å². The van der Waals surface area contributed by atoms with E-state index in [1.54, 1.807) is 7.11 Å². The lowest BCUT2D eigenvalue weighted by Gasteiger charge is -2.21. The summed E-state index contributed by atoms with van der Waals surface area (Å²) in [6, 6.07) is 6.89. The summed E-state index contributed by atoms with van der Waals surface area (Å²) in [5.41, 5.74) is 2.83. The Morgan fingerprint density at radius 2 is 2.13 bits per heavy atom. The predicted octanol–water partition coefficient (Wildman–Crippen LogP) is 1.81. The minimum Gasteiger partial charge on any atom is -0.497 e. The Bertz CT molecular complexity index is 348. The topological polar surface area (TPSA) is 12.5 Å². The second kappa shape index (κ2) is 4.23. The van der Waals surface area contributed by atoms with Gasteiger partial charge in [0.1, 0.15) is 5.75 Å². The minimum atomic E-state index is 0.553. The number of ether oxygens (including phenoxy) is 1. The average molecular weight is 203 g/mol. The van der Waals surface area contributed by atoms with Crippen molar-refractivity contribution in [2.75, 3.05) is 20.7 Å². The molecule has 2 radical (unpaired) electrons. The first kappa shape index (κ1) is 10.5. The van der Waals surface area contributed by atoms with Crippen LogP contribution < -0.4 is 4.74 Å². The maximum absolute atomic E-state index is 5.64. The van der Waals surface area contributed by atoms with Crippen LogP contribution in [0.5, 0.6) is 5.75 Å². The van der Waals surface area contributed by atoms with Crippen LogP contribution in [0.25, 0.3) is 0 Å². The van der Waals surface area contributed by atoms with E-state index in [0.717, 1.165) is 18.6 Å². The lowest BCUT2D eigenvalue weighted by atomic mass is 10.1. The van der Waals surface area contributed by atoms with Crippen LogP contribution in [0.15, 0.2) is 18.2 Å². The summed E-state index contributed by atoms with van der Waals surface area (Å²) in [4.78, 5) is 2.20. The highest BCUT2D eigenvalue weighted by atomic mass is 16.5. The fourth-order valence-electron chi connectivity index (χ4n) is 2.16. The summed E-state index contributed by atoms with van der Waals surface area (Å²) in [5, 5.41) is 0. The Labute approximate surface area is 91.9 Å². The van der Waals surface area contributed by atoms with Crippen LogP contribution in [0.2, 0.25) is 0 Å². The minimum absolute atomic E-state index is 0.553. The van der Waals surface area contributed by atoms with E-state index in [4.69, 9.17) is 11.7 Å². The van der Waals surface area contributed by atoms with Crippen molar-refractivity contribution in [3.8, 4) is 5.75 Å². The fourth-order valence-corrected chi connectivity index (χ4v) is 2.16. The molecule has 15 heavy (non-hydrogen) atoms. The summed E-state index contributed by atoms with van der Waals surface area (Å²) in [6.07, 6.45) is 2.19. The summed E-state index contributed by atoms with van der Waals surface area (Å²) in [7, 11) is 3.79. The lowest BCUT2D eigenvalue weighted by molar-refractivity contribution is 0.274. The first-order valence-corrected chi connectivity index (χ1v) is 5.30. The van der Waals surface area contributed by atoms with Crippen LogP contribution >= 0.6 is 0 Å². The van der Waals surface area contributed by atoms with Crippen molar-refractivity contribution in [2.24, 2.45) is 0 Å². The SMILES string of the molecule is [CH]CN(C)C1Cc2ccc(OC)cc2C1. The van der Waals surface area contributed by atoms with Gasteiger partial charge in [0.15, 0.2) is 0 Å². The van der Waals surface area contributed by atoms with Crippen molar-refractivity contribution in [3.05, 3.63) is 36.2 Å². The zero-order valence-electron chi connectivity index (χ0n) is 9.36. The number of fused-ring (bicyclic) bond motifs is 1. The van der Waals surface area contributed by atoms with E-state index in [9.17, 15) is 0 Å². The van der Waals surface area contributed by atoms with Crippen molar-refractivity contribution < 1.29 is 4.74 Å². The van der Waals surface area contributed by atoms with Crippen LogP contribution in [-0.2, 0) is 12.8 Å². The van der Waals surface area contributed by atoms with Gasteiger partial charge in [0.05, 0.1) is 7.11 Å². The molecule has 0 saturated carbocycles. The molecule has 2 heteroatoms. The maximum atomic E-state index is 5.64. The molecule has 0 aliphatic heterocycles. The van der Waals surface area contributed by atoms with Gasteiger partial charge in [0, 0.05) is 12.6 Å². The molecule has 0 spiro atoms. The molecule has 0 heterocycles. The van der Waals surface area contributed by atoms with Crippen LogP contribution in [0.3, 0.4) is 0 Å². The molecule has 1 aliphatic rings. The molecule has 0 N–H and O–H groups in total. The van der Waals surface area contributed by atoms with E-state index in [-0.39, 0.29) is 0 Å². The lowest BCUT2D eigenvalue weighted by Crippen LogP contribution is -2.31. The molecule has 0 saturated heterocycles. The predicted molar refractivity (Wildman–Crippen MR) is 61.1 cm³/mol. The van der Waals surface area contributed by atoms with E-state index in [2.05, 4.69) is 24.1 Å². The third-order valence-electron chi connectivity index (χ3n) is 3.24. The molecule has 0 bridgehead atoms. The van der Waals surface area contributed by atoms with Gasteiger partial charge in [-0.05, 0) is 50.1 Å². The van der Waals surface area contributed by atoms with Gasteiger partial charge in [-0.15, -0.1) is 0 Å². The molecule has 0 aromatic heterocycles. The number of likely N-dealkylation sites (N-methyl/N-ethyl adjacent to an activating group) is 1. The summed E-state index contributed by atoms with van der Waals surface area (Å²) >= 11 is 0. The van der Waals surface area contributed by atoms with Gasteiger partial charge in [-0.25, -0.2) is 0 Å². The van der Waals surface area contributed by atoms with Crippen molar-refractivity contribution in [2.45, 2.75) is 18.9 Å². The van der Waals surface area contributed by atoms with Crippen LogP contribution in [0.4, 0.5) is 0 Å². The monoisotopic (exact) mass is 203 g/mol. The van der Waals surface area contributed by atoms with Crippen molar-refractivity contribution in [1.29, 1.82) is 0 Å². The molecule has 1 aromatic rings. The van der Waals surface area contributed by atoms with Gasteiger partial charge < -0.3 is 9.64 Å². The molecular formula is C13H17NO. The zero-order chi connectivity index (χ0) is 10.8. The molecule has 2 nitrogen and oxygen atoms in total. The van der Waals surface area contributed by atoms with Gasteiger partial charge in [-0.3, -0.25) is 0 Å². The number of nitrogens with zero attached hydrogens (tertiary/aromatic N) is 1. The van der Waals surface area contributed by atoms with E-state index in [1.165, 1.54) is 11.1 Å². The average Bonchev–Trinajstić information content (AvgIpc) is 2.70. The zero-order valence-corrected chi connectivity index (χ0v) is 9.36. The number of benzene rings is 1. The Balaban J connectivity index is 2.16. The third kappa shape index (κ3) is 2.00. The van der Waals surface area contributed by atoms with Gasteiger partial charge in [-0.2, -0.15) is 0 Å². The highest BCUT2D eigenvalue weighted by molar-refractivity contribution is 5.39. The molecule has 1 atom stereocenters. The van der Waals surface area contributed by atoms with E-state index >= 15 is 0 Å². The Hall–Kier alpha value is -1.02. The van der Waals surface area contributed by atoms with Gasteiger partial charge in [0.2, 0.25) is 0 Å². The molecular weight excluding hydrogens is 186 g/mol. The number of hydrogen-bond donors (Lipinski definition) is 0. The largest absolute Gasteiger partial charge is 0.497 e. The second-order valence-corrected chi connectivity index (χ2v) is 4.14. The fraction of sp³-hybridized carbons (Fsp3) is 0.462. The maximum Gasteiger partial charge on any atom is 0.119 e. The van der Waals surface area contributed by atoms with Crippen molar-refractivity contribution in [1.82, 2.24) is 4.90 Å². The summed E-state index contributed by atoms with van der Waals surface area (Å²) in [6.45, 7) is 6.26. The number of hydrogen-bond acceptors (Lipinski definition) is 2. The number of methoxy groups -OCH3 is 1.